The van der Waals surface area contributed by atoms with Gasteiger partial charge in [0.1, 0.15) is 0 Å². The van der Waals surface area contributed by atoms with E-state index in [4.69, 9.17) is 0 Å². The number of carbonyl (C=O) groups is 1. The summed E-state index contributed by atoms with van der Waals surface area (Å²) in [5.41, 5.74) is 2.76. The molecule has 0 radical (unpaired) electrons. The van der Waals surface area contributed by atoms with E-state index in [-0.39, 0.29) is 5.91 Å². The van der Waals surface area contributed by atoms with Crippen molar-refractivity contribution in [2.75, 3.05) is 19.6 Å². The number of rotatable bonds is 5. The van der Waals surface area contributed by atoms with Gasteiger partial charge in [-0.2, -0.15) is 5.10 Å². The standard InChI is InChI=1S/C18H24N4O/c1-14-11-20-22(13-14)17-7-5-16(6-8-17)18(23)19-12-15(2)21-9-3-4-10-21/h5-8,11,13,15H,3-4,9-10,12H2,1-2H3,(H,19,23)/t15-/m1/s1. The molecule has 1 aliphatic rings. The van der Waals surface area contributed by atoms with Crippen LogP contribution in [0.25, 0.3) is 5.69 Å². The van der Waals surface area contributed by atoms with Crippen LogP contribution in [0.15, 0.2) is 36.7 Å². The molecular formula is C18H24N4O. The molecule has 5 heteroatoms. The Hall–Kier alpha value is -2.14. The van der Waals surface area contributed by atoms with Crippen LogP contribution in [0.5, 0.6) is 0 Å². The number of likely N-dealkylation sites (tertiary alicyclic amines) is 1. The molecule has 122 valence electrons. The third-order valence-corrected chi connectivity index (χ3v) is 4.43. The first-order chi connectivity index (χ1) is 11.1. The topological polar surface area (TPSA) is 50.2 Å². The average molecular weight is 312 g/mol. The Balaban J connectivity index is 1.57. The second-order valence-electron chi connectivity index (χ2n) is 6.31. The van der Waals surface area contributed by atoms with Crippen molar-refractivity contribution >= 4 is 5.91 Å². The van der Waals surface area contributed by atoms with E-state index in [2.05, 4.69) is 22.2 Å². The maximum absolute atomic E-state index is 12.3. The minimum absolute atomic E-state index is 0.0146. The summed E-state index contributed by atoms with van der Waals surface area (Å²) in [6, 6.07) is 7.94. The molecule has 3 rings (SSSR count). The zero-order valence-corrected chi connectivity index (χ0v) is 13.8. The Labute approximate surface area is 137 Å². The van der Waals surface area contributed by atoms with E-state index in [1.807, 2.05) is 48.3 Å². The van der Waals surface area contributed by atoms with Gasteiger partial charge in [0.2, 0.25) is 0 Å². The summed E-state index contributed by atoms with van der Waals surface area (Å²) < 4.78 is 1.81. The Bertz CT molecular complexity index is 656. The molecule has 0 saturated carbocycles. The Morgan fingerprint density at radius 2 is 1.96 bits per heavy atom. The lowest BCUT2D eigenvalue weighted by molar-refractivity contribution is 0.0940. The van der Waals surface area contributed by atoms with Crippen molar-refractivity contribution in [2.24, 2.45) is 0 Å². The SMILES string of the molecule is Cc1cnn(-c2ccc(C(=O)NC[C@@H](C)N3CCCC3)cc2)c1. The van der Waals surface area contributed by atoms with Crippen LogP contribution in [0, 0.1) is 6.92 Å². The maximum atomic E-state index is 12.3. The van der Waals surface area contributed by atoms with Gasteiger partial charge in [-0.3, -0.25) is 9.69 Å². The minimum atomic E-state index is -0.0146. The van der Waals surface area contributed by atoms with Crippen LogP contribution >= 0.6 is 0 Å². The van der Waals surface area contributed by atoms with Crippen LogP contribution in [-0.2, 0) is 0 Å². The first-order valence-electron chi connectivity index (χ1n) is 8.27. The van der Waals surface area contributed by atoms with Crippen LogP contribution < -0.4 is 5.32 Å². The van der Waals surface area contributed by atoms with Gasteiger partial charge < -0.3 is 5.32 Å². The smallest absolute Gasteiger partial charge is 0.251 e. The molecular weight excluding hydrogens is 288 g/mol. The van der Waals surface area contributed by atoms with Crippen LogP contribution in [0.1, 0.15) is 35.7 Å². The van der Waals surface area contributed by atoms with E-state index in [1.54, 1.807) is 0 Å². The first kappa shape index (κ1) is 15.7. The Kier molecular flexibility index (Phi) is 4.76. The number of benzene rings is 1. The van der Waals surface area contributed by atoms with Crippen molar-refractivity contribution in [3.63, 3.8) is 0 Å². The molecule has 23 heavy (non-hydrogen) atoms. The summed E-state index contributed by atoms with van der Waals surface area (Å²) in [7, 11) is 0. The van der Waals surface area contributed by atoms with Gasteiger partial charge in [-0.25, -0.2) is 4.68 Å². The lowest BCUT2D eigenvalue weighted by Crippen LogP contribution is -2.40. The molecule has 0 bridgehead atoms. The van der Waals surface area contributed by atoms with Crippen molar-refractivity contribution in [2.45, 2.75) is 32.7 Å². The third kappa shape index (κ3) is 3.79. The lowest BCUT2D eigenvalue weighted by Gasteiger charge is -2.23. The van der Waals surface area contributed by atoms with Crippen molar-refractivity contribution in [1.29, 1.82) is 0 Å². The average Bonchev–Trinajstić information content (AvgIpc) is 3.24. The van der Waals surface area contributed by atoms with E-state index in [0.29, 0.717) is 18.2 Å². The van der Waals surface area contributed by atoms with Crippen LogP contribution in [0.4, 0.5) is 0 Å². The molecule has 0 unspecified atom stereocenters. The second-order valence-corrected chi connectivity index (χ2v) is 6.31. The van der Waals surface area contributed by atoms with E-state index >= 15 is 0 Å². The zero-order valence-electron chi connectivity index (χ0n) is 13.8. The van der Waals surface area contributed by atoms with Gasteiger partial charge in [-0.1, -0.05) is 0 Å². The molecule has 0 spiro atoms. The van der Waals surface area contributed by atoms with E-state index in [1.165, 1.54) is 12.8 Å². The Morgan fingerprint density at radius 1 is 1.26 bits per heavy atom. The van der Waals surface area contributed by atoms with Gasteiger partial charge in [-0.15, -0.1) is 0 Å². The van der Waals surface area contributed by atoms with Crippen molar-refractivity contribution in [3.05, 3.63) is 47.8 Å². The summed E-state index contributed by atoms with van der Waals surface area (Å²) in [5.74, 6) is -0.0146. The fourth-order valence-corrected chi connectivity index (χ4v) is 2.97. The van der Waals surface area contributed by atoms with Gasteiger partial charge >= 0.3 is 0 Å². The number of amides is 1. The molecule has 2 heterocycles. The molecule has 0 aliphatic carbocycles. The van der Waals surface area contributed by atoms with E-state index in [9.17, 15) is 4.79 Å². The first-order valence-corrected chi connectivity index (χ1v) is 8.27. The van der Waals surface area contributed by atoms with Crippen molar-refractivity contribution < 1.29 is 4.79 Å². The predicted molar refractivity (Wildman–Crippen MR) is 90.9 cm³/mol. The zero-order chi connectivity index (χ0) is 16.2. The molecule has 1 aliphatic heterocycles. The number of aryl methyl sites for hydroxylation is 1. The molecule has 5 nitrogen and oxygen atoms in total. The van der Waals surface area contributed by atoms with Gasteiger partial charge in [-0.05, 0) is 69.6 Å². The van der Waals surface area contributed by atoms with Gasteiger partial charge in [0.05, 0.1) is 11.9 Å². The fraction of sp³-hybridized carbons (Fsp3) is 0.444. The molecule has 1 saturated heterocycles. The summed E-state index contributed by atoms with van der Waals surface area (Å²) in [6.45, 7) is 7.17. The quantitative estimate of drug-likeness (QED) is 0.922. The molecule has 1 atom stereocenters. The van der Waals surface area contributed by atoms with Crippen molar-refractivity contribution in [1.82, 2.24) is 20.0 Å². The fourth-order valence-electron chi connectivity index (χ4n) is 2.97. The van der Waals surface area contributed by atoms with Gasteiger partial charge in [0.15, 0.2) is 0 Å². The molecule has 1 aromatic heterocycles. The highest BCUT2D eigenvalue weighted by molar-refractivity contribution is 5.94. The van der Waals surface area contributed by atoms with Crippen LogP contribution in [0.2, 0.25) is 0 Å². The predicted octanol–water partition coefficient (Wildman–Crippen LogP) is 2.39. The molecule has 2 aromatic rings. The summed E-state index contributed by atoms with van der Waals surface area (Å²) in [5, 5.41) is 7.31. The molecule has 1 N–H and O–H groups in total. The molecule has 1 fully saturated rings. The van der Waals surface area contributed by atoms with Crippen LogP contribution in [0.3, 0.4) is 0 Å². The third-order valence-electron chi connectivity index (χ3n) is 4.43. The maximum Gasteiger partial charge on any atom is 0.251 e. The van der Waals surface area contributed by atoms with Crippen LogP contribution in [-0.4, -0.2) is 46.3 Å². The number of hydrogen-bond acceptors (Lipinski definition) is 3. The minimum Gasteiger partial charge on any atom is -0.350 e. The van der Waals surface area contributed by atoms with E-state index in [0.717, 1.165) is 24.3 Å². The number of aromatic nitrogens is 2. The normalized spacial score (nSPS) is 16.4. The monoisotopic (exact) mass is 312 g/mol. The number of hydrogen-bond donors (Lipinski definition) is 1. The molecule has 1 aromatic carbocycles. The Morgan fingerprint density at radius 3 is 2.57 bits per heavy atom. The lowest BCUT2D eigenvalue weighted by atomic mass is 10.2. The van der Waals surface area contributed by atoms with Gasteiger partial charge in [0, 0.05) is 24.3 Å². The summed E-state index contributed by atoms with van der Waals surface area (Å²) >= 11 is 0. The summed E-state index contributed by atoms with van der Waals surface area (Å²) in [6.07, 6.45) is 6.33. The highest BCUT2D eigenvalue weighted by Crippen LogP contribution is 2.12. The number of nitrogens with one attached hydrogen (secondary N) is 1. The van der Waals surface area contributed by atoms with Gasteiger partial charge in [0.25, 0.3) is 5.91 Å². The highest BCUT2D eigenvalue weighted by atomic mass is 16.1. The highest BCUT2D eigenvalue weighted by Gasteiger charge is 2.18. The largest absolute Gasteiger partial charge is 0.350 e. The number of nitrogens with zero attached hydrogens (tertiary/aromatic N) is 3. The van der Waals surface area contributed by atoms with Crippen molar-refractivity contribution in [3.8, 4) is 5.69 Å². The molecule has 1 amide bonds. The number of carbonyl (C=O) groups excluding carboxylic acids is 1. The summed E-state index contributed by atoms with van der Waals surface area (Å²) in [4.78, 5) is 14.7. The second kappa shape index (κ2) is 6.96. The van der Waals surface area contributed by atoms with E-state index < -0.39 is 0 Å².